The molecule has 0 amide bonds. The second kappa shape index (κ2) is 8.67. The highest BCUT2D eigenvalue weighted by molar-refractivity contribution is 7.89. The molecule has 1 fully saturated rings. The van der Waals surface area contributed by atoms with Gasteiger partial charge >= 0.3 is 0 Å². The third-order valence-corrected chi connectivity index (χ3v) is 6.74. The van der Waals surface area contributed by atoms with Crippen LogP contribution in [0.25, 0.3) is 0 Å². The maximum absolute atomic E-state index is 12.8. The number of nitrogens with zero attached hydrogens (tertiary/aromatic N) is 2. The van der Waals surface area contributed by atoms with E-state index in [9.17, 15) is 8.42 Å². The molecule has 6 heteroatoms. The number of benzene rings is 2. The van der Waals surface area contributed by atoms with Crippen molar-refractivity contribution in [1.82, 2.24) is 4.31 Å². The second-order valence-corrected chi connectivity index (χ2v) is 8.59. The summed E-state index contributed by atoms with van der Waals surface area (Å²) < 4.78 is 32.6. The number of aliphatic imine (C=N–C) groups is 1. The molecule has 0 unspecified atom stereocenters. The molecule has 0 N–H and O–H groups in total. The van der Waals surface area contributed by atoms with E-state index in [0.29, 0.717) is 24.5 Å². The van der Waals surface area contributed by atoms with E-state index >= 15 is 0 Å². The number of rotatable bonds is 6. The number of piperidine rings is 1. The lowest BCUT2D eigenvalue weighted by Gasteiger charge is -2.26. The summed E-state index contributed by atoms with van der Waals surface area (Å²) in [6.07, 6.45) is 5.67. The van der Waals surface area contributed by atoms with Gasteiger partial charge in [0.1, 0.15) is 11.4 Å². The van der Waals surface area contributed by atoms with Crippen molar-refractivity contribution < 1.29 is 13.2 Å². The Kier molecular flexibility index (Phi) is 6.29. The molecule has 0 aromatic heterocycles. The first-order valence-electron chi connectivity index (χ1n) is 9.36. The predicted octanol–water partition coefficient (Wildman–Crippen LogP) is 4.18. The van der Waals surface area contributed by atoms with E-state index in [1.54, 1.807) is 28.7 Å². The van der Waals surface area contributed by atoms with Gasteiger partial charge < -0.3 is 4.74 Å². The third-order valence-electron chi connectivity index (χ3n) is 4.84. The van der Waals surface area contributed by atoms with E-state index < -0.39 is 10.0 Å². The lowest BCUT2D eigenvalue weighted by molar-refractivity contribution is 0.346. The van der Waals surface area contributed by atoms with E-state index in [0.717, 1.165) is 31.2 Å². The van der Waals surface area contributed by atoms with Crippen LogP contribution < -0.4 is 4.74 Å². The van der Waals surface area contributed by atoms with Crippen LogP contribution in [-0.2, 0) is 16.4 Å². The summed E-state index contributed by atoms with van der Waals surface area (Å²) >= 11 is 0. The first-order valence-corrected chi connectivity index (χ1v) is 10.8. The van der Waals surface area contributed by atoms with Crippen molar-refractivity contribution in [2.75, 3.05) is 20.2 Å². The van der Waals surface area contributed by atoms with Crippen LogP contribution in [0.4, 0.5) is 5.69 Å². The lowest BCUT2D eigenvalue weighted by Crippen LogP contribution is -2.35. The van der Waals surface area contributed by atoms with Gasteiger partial charge in [-0.15, -0.1) is 0 Å². The van der Waals surface area contributed by atoms with Crippen LogP contribution in [-0.4, -0.2) is 39.1 Å². The van der Waals surface area contributed by atoms with Crippen LogP contribution in [0.1, 0.15) is 37.3 Å². The van der Waals surface area contributed by atoms with Crippen LogP contribution in [0.2, 0.25) is 0 Å². The van der Waals surface area contributed by atoms with Crippen molar-refractivity contribution in [1.29, 1.82) is 0 Å². The molecule has 2 aromatic carbocycles. The highest BCUT2D eigenvalue weighted by Crippen LogP contribution is 2.32. The number of methoxy groups -OCH3 is 1. The first kappa shape index (κ1) is 19.6. The normalized spacial score (nSPS) is 15.9. The third kappa shape index (κ3) is 4.57. The van der Waals surface area contributed by atoms with Gasteiger partial charge in [-0.05, 0) is 42.5 Å². The quantitative estimate of drug-likeness (QED) is 0.700. The molecule has 0 bridgehead atoms. The summed E-state index contributed by atoms with van der Waals surface area (Å²) in [5.41, 5.74) is 2.87. The molecular weight excluding hydrogens is 360 g/mol. The molecule has 27 heavy (non-hydrogen) atoms. The van der Waals surface area contributed by atoms with Gasteiger partial charge in [-0.3, -0.25) is 4.99 Å². The van der Waals surface area contributed by atoms with Crippen LogP contribution in [0.15, 0.2) is 52.4 Å². The Morgan fingerprint density at radius 2 is 1.78 bits per heavy atom. The summed E-state index contributed by atoms with van der Waals surface area (Å²) in [6, 6.07) is 13.1. The maximum Gasteiger partial charge on any atom is 0.243 e. The van der Waals surface area contributed by atoms with Crippen molar-refractivity contribution in [2.45, 2.75) is 37.5 Å². The Bertz CT molecular complexity index is 900. The highest BCUT2D eigenvalue weighted by Gasteiger charge is 2.26. The van der Waals surface area contributed by atoms with E-state index in [2.05, 4.69) is 24.0 Å². The van der Waals surface area contributed by atoms with Crippen LogP contribution in [0, 0.1) is 0 Å². The van der Waals surface area contributed by atoms with E-state index in [4.69, 9.17) is 4.74 Å². The molecule has 5 nitrogen and oxygen atoms in total. The number of ether oxygens (including phenoxy) is 1. The molecule has 0 spiro atoms. The van der Waals surface area contributed by atoms with Gasteiger partial charge in [-0.1, -0.05) is 37.6 Å². The molecular formula is C21H26N2O3S. The lowest BCUT2D eigenvalue weighted by atomic mass is 10.1. The molecule has 1 aliphatic heterocycles. The Morgan fingerprint density at radius 1 is 1.07 bits per heavy atom. The molecule has 144 valence electrons. The molecule has 2 aromatic rings. The van der Waals surface area contributed by atoms with Gasteiger partial charge in [0.15, 0.2) is 0 Å². The van der Waals surface area contributed by atoms with Gasteiger partial charge in [0.2, 0.25) is 10.0 Å². The number of aryl methyl sites for hydroxylation is 1. The smallest absolute Gasteiger partial charge is 0.243 e. The zero-order valence-corrected chi connectivity index (χ0v) is 16.7. The minimum Gasteiger partial charge on any atom is -0.494 e. The molecule has 1 heterocycles. The van der Waals surface area contributed by atoms with Gasteiger partial charge in [0.25, 0.3) is 0 Å². The standard InChI is InChI=1S/C21H26N2O3S/c1-3-17-7-9-18(10-8-17)16-22-20-12-11-19(15-21(20)26-2)27(24,25)23-13-5-4-6-14-23/h7-12,15-16H,3-6,13-14H2,1-2H3. The molecule has 0 aliphatic carbocycles. The zero-order valence-electron chi connectivity index (χ0n) is 15.9. The largest absolute Gasteiger partial charge is 0.494 e. The van der Waals surface area contributed by atoms with Crippen LogP contribution in [0.3, 0.4) is 0 Å². The summed E-state index contributed by atoms with van der Waals surface area (Å²) in [6.45, 7) is 3.28. The Morgan fingerprint density at radius 3 is 2.41 bits per heavy atom. The number of hydrogen-bond donors (Lipinski definition) is 0. The predicted molar refractivity (Wildman–Crippen MR) is 109 cm³/mol. The molecule has 1 saturated heterocycles. The van der Waals surface area contributed by atoms with E-state index in [1.165, 1.54) is 12.7 Å². The fourth-order valence-electron chi connectivity index (χ4n) is 3.16. The fraction of sp³-hybridized carbons (Fsp3) is 0.381. The molecule has 0 radical (unpaired) electrons. The summed E-state index contributed by atoms with van der Waals surface area (Å²) in [5, 5.41) is 0. The number of hydrogen-bond acceptors (Lipinski definition) is 4. The van der Waals surface area contributed by atoms with E-state index in [1.807, 2.05) is 12.1 Å². The Hall–Kier alpha value is -2.18. The van der Waals surface area contributed by atoms with Gasteiger partial charge in [0, 0.05) is 25.4 Å². The topological polar surface area (TPSA) is 59.0 Å². The zero-order chi connectivity index (χ0) is 19.3. The maximum atomic E-state index is 12.8. The molecule has 1 aliphatic rings. The second-order valence-electron chi connectivity index (χ2n) is 6.65. The average Bonchev–Trinajstić information content (AvgIpc) is 2.73. The monoisotopic (exact) mass is 386 g/mol. The van der Waals surface area contributed by atoms with Crippen molar-refractivity contribution in [3.05, 3.63) is 53.6 Å². The van der Waals surface area contributed by atoms with Crippen molar-refractivity contribution in [2.24, 2.45) is 4.99 Å². The van der Waals surface area contributed by atoms with Crippen molar-refractivity contribution in [3.63, 3.8) is 0 Å². The highest BCUT2D eigenvalue weighted by atomic mass is 32.2. The van der Waals surface area contributed by atoms with Gasteiger partial charge in [-0.25, -0.2) is 8.42 Å². The molecule has 0 saturated carbocycles. The van der Waals surface area contributed by atoms with Crippen molar-refractivity contribution >= 4 is 21.9 Å². The van der Waals surface area contributed by atoms with Crippen molar-refractivity contribution in [3.8, 4) is 5.75 Å². The minimum absolute atomic E-state index is 0.257. The summed E-state index contributed by atoms with van der Waals surface area (Å²) in [5.74, 6) is 0.453. The SMILES string of the molecule is CCc1ccc(C=Nc2ccc(S(=O)(=O)N3CCCCC3)cc2OC)cc1. The first-order chi connectivity index (χ1) is 13.0. The average molecular weight is 387 g/mol. The summed E-state index contributed by atoms with van der Waals surface area (Å²) in [7, 11) is -1.96. The molecule has 3 rings (SSSR count). The Balaban J connectivity index is 1.84. The van der Waals surface area contributed by atoms with E-state index in [-0.39, 0.29) is 4.90 Å². The molecule has 0 atom stereocenters. The number of sulfonamides is 1. The van der Waals surface area contributed by atoms with Crippen LogP contribution in [0.5, 0.6) is 5.75 Å². The Labute approximate surface area is 161 Å². The fourth-order valence-corrected chi connectivity index (χ4v) is 4.70. The minimum atomic E-state index is -3.48. The van der Waals surface area contributed by atoms with Crippen LogP contribution >= 0.6 is 0 Å². The van der Waals surface area contributed by atoms with Gasteiger partial charge in [-0.2, -0.15) is 4.31 Å². The van der Waals surface area contributed by atoms with Gasteiger partial charge in [0.05, 0.1) is 12.0 Å². The summed E-state index contributed by atoms with van der Waals surface area (Å²) in [4.78, 5) is 4.74.